The van der Waals surface area contributed by atoms with Gasteiger partial charge in [0.15, 0.2) is 0 Å². The van der Waals surface area contributed by atoms with Crippen molar-refractivity contribution in [2.45, 2.75) is 31.8 Å². The molecule has 3 nitrogen and oxygen atoms in total. The first-order valence-electron chi connectivity index (χ1n) is 7.31. The lowest BCUT2D eigenvalue weighted by molar-refractivity contribution is 0.210. The van der Waals surface area contributed by atoms with E-state index in [2.05, 4.69) is 58.4 Å². The second kappa shape index (κ2) is 6.24. The fourth-order valence-electron chi connectivity index (χ4n) is 2.81. The van der Waals surface area contributed by atoms with Crippen molar-refractivity contribution in [3.63, 3.8) is 0 Å². The highest BCUT2D eigenvalue weighted by Crippen LogP contribution is 2.47. The van der Waals surface area contributed by atoms with Gasteiger partial charge >= 0.3 is 0 Å². The predicted molar refractivity (Wildman–Crippen MR) is 90.5 cm³/mol. The molecule has 2 heterocycles. The maximum Gasteiger partial charge on any atom is 0.122 e. The second-order valence-electron chi connectivity index (χ2n) is 5.99. The van der Waals surface area contributed by atoms with Crippen LogP contribution in [-0.2, 0) is 6.54 Å². The van der Waals surface area contributed by atoms with E-state index in [1.807, 2.05) is 0 Å². The SMILES string of the molecule is CC1CC1c1ccc(C(CN)N(C)Cc2csc(Br)c2)o1. The van der Waals surface area contributed by atoms with Crippen molar-refractivity contribution in [1.29, 1.82) is 0 Å². The molecular formula is C16H21BrN2OS. The van der Waals surface area contributed by atoms with Crippen molar-refractivity contribution in [3.8, 4) is 0 Å². The van der Waals surface area contributed by atoms with Gasteiger partial charge in [0, 0.05) is 19.0 Å². The minimum Gasteiger partial charge on any atom is -0.464 e. The van der Waals surface area contributed by atoms with Crippen molar-refractivity contribution >= 4 is 27.3 Å². The van der Waals surface area contributed by atoms with Gasteiger partial charge < -0.3 is 10.2 Å². The van der Waals surface area contributed by atoms with Gasteiger partial charge in [-0.3, -0.25) is 4.90 Å². The lowest BCUT2D eigenvalue weighted by atomic mass is 10.2. The highest BCUT2D eigenvalue weighted by molar-refractivity contribution is 9.11. The molecule has 1 aliphatic rings. The van der Waals surface area contributed by atoms with E-state index in [-0.39, 0.29) is 6.04 Å². The number of nitrogens with two attached hydrogens (primary N) is 1. The monoisotopic (exact) mass is 368 g/mol. The molecule has 0 bridgehead atoms. The van der Waals surface area contributed by atoms with Crippen molar-refractivity contribution in [3.05, 3.63) is 44.4 Å². The van der Waals surface area contributed by atoms with E-state index in [4.69, 9.17) is 10.2 Å². The van der Waals surface area contributed by atoms with E-state index in [9.17, 15) is 0 Å². The molecule has 0 saturated heterocycles. The molecule has 3 rings (SSSR count). The summed E-state index contributed by atoms with van der Waals surface area (Å²) in [5.41, 5.74) is 7.29. The van der Waals surface area contributed by atoms with E-state index >= 15 is 0 Å². The normalized spacial score (nSPS) is 22.7. The summed E-state index contributed by atoms with van der Waals surface area (Å²) in [6, 6.07) is 6.51. The minimum absolute atomic E-state index is 0.131. The van der Waals surface area contributed by atoms with Crippen LogP contribution in [0.4, 0.5) is 0 Å². The van der Waals surface area contributed by atoms with Crippen molar-refractivity contribution < 1.29 is 4.42 Å². The van der Waals surface area contributed by atoms with Gasteiger partial charge in [-0.15, -0.1) is 11.3 Å². The largest absolute Gasteiger partial charge is 0.464 e. The Kier molecular flexibility index (Phi) is 4.54. The number of rotatable bonds is 6. The molecule has 2 aromatic rings. The summed E-state index contributed by atoms with van der Waals surface area (Å²) in [6.45, 7) is 3.71. The summed E-state index contributed by atoms with van der Waals surface area (Å²) < 4.78 is 7.23. The van der Waals surface area contributed by atoms with E-state index in [0.29, 0.717) is 12.5 Å². The summed E-state index contributed by atoms with van der Waals surface area (Å²) in [6.07, 6.45) is 1.25. The van der Waals surface area contributed by atoms with E-state index in [0.717, 1.165) is 24.0 Å². The zero-order chi connectivity index (χ0) is 15.0. The molecule has 0 radical (unpaired) electrons. The van der Waals surface area contributed by atoms with Gasteiger partial charge in [-0.25, -0.2) is 0 Å². The van der Waals surface area contributed by atoms with Crippen LogP contribution in [0.2, 0.25) is 0 Å². The van der Waals surface area contributed by atoms with Crippen molar-refractivity contribution in [1.82, 2.24) is 4.90 Å². The zero-order valence-corrected chi connectivity index (χ0v) is 14.8. The molecule has 0 aliphatic heterocycles. The number of furan rings is 1. The van der Waals surface area contributed by atoms with Crippen molar-refractivity contribution in [2.75, 3.05) is 13.6 Å². The third-order valence-electron chi connectivity index (χ3n) is 4.26. The molecule has 3 atom stereocenters. The summed E-state index contributed by atoms with van der Waals surface area (Å²) in [7, 11) is 2.10. The van der Waals surface area contributed by atoms with Gasteiger partial charge in [-0.05, 0) is 64.5 Å². The van der Waals surface area contributed by atoms with Crippen molar-refractivity contribution in [2.24, 2.45) is 11.7 Å². The maximum atomic E-state index is 6.07. The van der Waals surface area contributed by atoms with Gasteiger partial charge in [-0.2, -0.15) is 0 Å². The number of hydrogen-bond acceptors (Lipinski definition) is 4. The Bertz CT molecular complexity index is 609. The molecule has 2 aromatic heterocycles. The molecule has 0 aromatic carbocycles. The van der Waals surface area contributed by atoms with Crippen LogP contribution in [0.3, 0.4) is 0 Å². The molecule has 3 unspecified atom stereocenters. The Hall–Kier alpha value is -0.620. The van der Waals surface area contributed by atoms with Crippen LogP contribution in [0.25, 0.3) is 0 Å². The van der Waals surface area contributed by atoms with Gasteiger partial charge in [-0.1, -0.05) is 6.92 Å². The average molecular weight is 369 g/mol. The van der Waals surface area contributed by atoms with Crippen LogP contribution in [0, 0.1) is 5.92 Å². The molecule has 5 heteroatoms. The maximum absolute atomic E-state index is 6.07. The smallest absolute Gasteiger partial charge is 0.122 e. The molecule has 2 N–H and O–H groups in total. The molecule has 0 amide bonds. The quantitative estimate of drug-likeness (QED) is 0.823. The topological polar surface area (TPSA) is 42.4 Å². The number of halogens is 1. The summed E-state index contributed by atoms with van der Waals surface area (Å²) in [4.78, 5) is 2.26. The van der Waals surface area contributed by atoms with E-state index in [1.54, 1.807) is 11.3 Å². The molecule has 1 fully saturated rings. The highest BCUT2D eigenvalue weighted by Gasteiger charge is 2.37. The number of likely N-dealkylation sites (N-methyl/N-ethyl adjacent to an activating group) is 1. The standard InChI is InChI=1S/C16H21BrN2OS/c1-10-5-12(10)14-3-4-15(20-14)13(7-18)19(2)8-11-6-16(17)21-9-11/h3-4,6,9-10,12-13H,5,7-8,18H2,1-2H3. The van der Waals surface area contributed by atoms with Crippen LogP contribution >= 0.6 is 27.3 Å². The fourth-order valence-corrected chi connectivity index (χ4v) is 4.01. The Morgan fingerprint density at radius 2 is 2.29 bits per heavy atom. The van der Waals surface area contributed by atoms with Gasteiger partial charge in [0.25, 0.3) is 0 Å². The Morgan fingerprint density at radius 1 is 1.52 bits per heavy atom. The predicted octanol–water partition coefficient (Wildman–Crippen LogP) is 4.36. The summed E-state index contributed by atoms with van der Waals surface area (Å²) in [5.74, 6) is 3.50. The average Bonchev–Trinajstić information content (AvgIpc) is 2.85. The third kappa shape index (κ3) is 3.42. The van der Waals surface area contributed by atoms with Crippen LogP contribution in [0.15, 0.2) is 31.8 Å². The zero-order valence-electron chi connectivity index (χ0n) is 12.4. The fraction of sp³-hybridized carbons (Fsp3) is 0.500. The first-order valence-corrected chi connectivity index (χ1v) is 8.98. The lowest BCUT2D eigenvalue weighted by Gasteiger charge is -2.24. The molecule has 0 spiro atoms. The molecule has 114 valence electrons. The summed E-state index contributed by atoms with van der Waals surface area (Å²) in [5, 5.41) is 2.17. The number of thiophene rings is 1. The third-order valence-corrected chi connectivity index (χ3v) is 5.81. The Labute approximate surface area is 138 Å². The van der Waals surface area contributed by atoms with Gasteiger partial charge in [0.2, 0.25) is 0 Å². The van der Waals surface area contributed by atoms with Gasteiger partial charge in [0.1, 0.15) is 11.5 Å². The van der Waals surface area contributed by atoms with Gasteiger partial charge in [0.05, 0.1) is 9.83 Å². The highest BCUT2D eigenvalue weighted by atomic mass is 79.9. The second-order valence-corrected chi connectivity index (χ2v) is 8.28. The van der Waals surface area contributed by atoms with Crippen LogP contribution in [0.5, 0.6) is 0 Å². The molecule has 1 aliphatic carbocycles. The first kappa shape index (κ1) is 15.3. The van der Waals surface area contributed by atoms with E-state index in [1.165, 1.54) is 15.8 Å². The Morgan fingerprint density at radius 3 is 2.86 bits per heavy atom. The summed E-state index contributed by atoms with van der Waals surface area (Å²) >= 11 is 5.22. The first-order chi connectivity index (χ1) is 10.1. The number of nitrogens with zero attached hydrogens (tertiary/aromatic N) is 1. The Balaban J connectivity index is 1.70. The van der Waals surface area contributed by atoms with Crippen LogP contribution in [0.1, 0.15) is 42.4 Å². The molecule has 1 saturated carbocycles. The molecular weight excluding hydrogens is 348 g/mol. The molecule has 21 heavy (non-hydrogen) atoms. The van der Waals surface area contributed by atoms with Crippen LogP contribution in [-0.4, -0.2) is 18.5 Å². The van der Waals surface area contributed by atoms with E-state index < -0.39 is 0 Å². The lowest BCUT2D eigenvalue weighted by Crippen LogP contribution is -2.29. The minimum atomic E-state index is 0.131. The number of hydrogen-bond donors (Lipinski definition) is 1. The van der Waals surface area contributed by atoms with Crippen LogP contribution < -0.4 is 5.73 Å².